The molecule has 0 unspecified atom stereocenters. The van der Waals surface area contributed by atoms with E-state index < -0.39 is 0 Å². The SMILES string of the molecule is N=C(Cc1ccccn1)C1CCCCC1. The third-order valence-corrected chi connectivity index (χ3v) is 3.20. The first-order chi connectivity index (χ1) is 7.36. The predicted octanol–water partition coefficient (Wildman–Crippen LogP) is 3.22. The van der Waals surface area contributed by atoms with Gasteiger partial charge in [0.25, 0.3) is 0 Å². The number of hydrogen-bond acceptors (Lipinski definition) is 2. The van der Waals surface area contributed by atoms with Gasteiger partial charge >= 0.3 is 0 Å². The lowest BCUT2D eigenvalue weighted by atomic mass is 9.84. The highest BCUT2D eigenvalue weighted by Gasteiger charge is 2.18. The van der Waals surface area contributed by atoms with Crippen molar-refractivity contribution in [1.29, 1.82) is 5.41 Å². The molecular weight excluding hydrogens is 184 g/mol. The van der Waals surface area contributed by atoms with Crippen LogP contribution in [0, 0.1) is 11.3 Å². The van der Waals surface area contributed by atoms with Gasteiger partial charge in [0.15, 0.2) is 0 Å². The molecule has 2 nitrogen and oxygen atoms in total. The van der Waals surface area contributed by atoms with Crippen molar-refractivity contribution in [2.45, 2.75) is 38.5 Å². The second-order valence-corrected chi connectivity index (χ2v) is 4.36. The molecule has 1 aromatic heterocycles. The summed E-state index contributed by atoms with van der Waals surface area (Å²) in [6.45, 7) is 0. The Kier molecular flexibility index (Phi) is 3.49. The van der Waals surface area contributed by atoms with E-state index >= 15 is 0 Å². The molecule has 0 bridgehead atoms. The van der Waals surface area contributed by atoms with Gasteiger partial charge in [0.1, 0.15) is 0 Å². The van der Waals surface area contributed by atoms with Crippen molar-refractivity contribution in [3.63, 3.8) is 0 Å². The molecule has 0 spiro atoms. The summed E-state index contributed by atoms with van der Waals surface area (Å²) in [6.07, 6.45) is 8.93. The van der Waals surface area contributed by atoms with Crippen molar-refractivity contribution in [2.75, 3.05) is 0 Å². The minimum absolute atomic E-state index is 0.528. The van der Waals surface area contributed by atoms with E-state index in [2.05, 4.69) is 4.98 Å². The van der Waals surface area contributed by atoms with Gasteiger partial charge in [0, 0.05) is 24.0 Å². The average Bonchev–Trinajstić information content (AvgIpc) is 2.31. The monoisotopic (exact) mass is 202 g/mol. The van der Waals surface area contributed by atoms with E-state index in [1.807, 2.05) is 24.4 Å². The van der Waals surface area contributed by atoms with E-state index in [4.69, 9.17) is 5.41 Å². The maximum absolute atomic E-state index is 8.08. The van der Waals surface area contributed by atoms with Crippen molar-refractivity contribution < 1.29 is 0 Å². The lowest BCUT2D eigenvalue weighted by molar-refractivity contribution is 0.435. The first-order valence-corrected chi connectivity index (χ1v) is 5.83. The number of rotatable bonds is 3. The summed E-state index contributed by atoms with van der Waals surface area (Å²) in [5.74, 6) is 0.528. The van der Waals surface area contributed by atoms with E-state index in [1.54, 1.807) is 0 Å². The Bertz CT molecular complexity index is 313. The van der Waals surface area contributed by atoms with Gasteiger partial charge < -0.3 is 5.41 Å². The van der Waals surface area contributed by atoms with Gasteiger partial charge in [-0.1, -0.05) is 25.3 Å². The molecule has 1 aliphatic carbocycles. The quantitative estimate of drug-likeness (QED) is 0.751. The molecule has 0 radical (unpaired) electrons. The molecule has 0 aliphatic heterocycles. The summed E-state index contributed by atoms with van der Waals surface area (Å²) in [5.41, 5.74) is 1.92. The molecule has 0 saturated heterocycles. The maximum Gasteiger partial charge on any atom is 0.0459 e. The fraction of sp³-hybridized carbons (Fsp3) is 0.538. The maximum atomic E-state index is 8.08. The minimum Gasteiger partial charge on any atom is -0.309 e. The molecule has 0 aromatic carbocycles. The second-order valence-electron chi connectivity index (χ2n) is 4.36. The van der Waals surface area contributed by atoms with E-state index in [-0.39, 0.29) is 0 Å². The van der Waals surface area contributed by atoms with E-state index in [0.29, 0.717) is 5.92 Å². The molecule has 15 heavy (non-hydrogen) atoms. The molecule has 1 N–H and O–H groups in total. The van der Waals surface area contributed by atoms with Crippen LogP contribution in [0.25, 0.3) is 0 Å². The summed E-state index contributed by atoms with van der Waals surface area (Å²) in [5, 5.41) is 8.08. The molecule has 1 fully saturated rings. The lowest BCUT2D eigenvalue weighted by Gasteiger charge is -2.22. The second kappa shape index (κ2) is 5.06. The van der Waals surface area contributed by atoms with Gasteiger partial charge in [-0.05, 0) is 30.9 Å². The highest BCUT2D eigenvalue weighted by Crippen LogP contribution is 2.25. The summed E-state index contributed by atoms with van der Waals surface area (Å²) in [4.78, 5) is 4.27. The molecule has 0 atom stereocenters. The van der Waals surface area contributed by atoms with Crippen molar-refractivity contribution in [3.8, 4) is 0 Å². The van der Waals surface area contributed by atoms with Crippen LogP contribution >= 0.6 is 0 Å². The van der Waals surface area contributed by atoms with Crippen LogP contribution in [0.5, 0.6) is 0 Å². The molecule has 1 heterocycles. The van der Waals surface area contributed by atoms with Crippen LogP contribution in [0.4, 0.5) is 0 Å². The molecule has 1 aliphatic rings. The van der Waals surface area contributed by atoms with Crippen molar-refractivity contribution in [2.24, 2.45) is 5.92 Å². The van der Waals surface area contributed by atoms with Gasteiger partial charge in [-0.25, -0.2) is 0 Å². The summed E-state index contributed by atoms with van der Waals surface area (Å²) in [6, 6.07) is 5.93. The summed E-state index contributed by atoms with van der Waals surface area (Å²) < 4.78 is 0. The number of nitrogens with one attached hydrogen (secondary N) is 1. The first kappa shape index (κ1) is 10.3. The molecule has 2 heteroatoms. The molecule has 1 aromatic rings. The van der Waals surface area contributed by atoms with Crippen LogP contribution < -0.4 is 0 Å². The lowest BCUT2D eigenvalue weighted by Crippen LogP contribution is -2.19. The van der Waals surface area contributed by atoms with Gasteiger partial charge in [-0.2, -0.15) is 0 Å². The van der Waals surface area contributed by atoms with Gasteiger partial charge in [-0.15, -0.1) is 0 Å². The van der Waals surface area contributed by atoms with Gasteiger partial charge in [-0.3, -0.25) is 4.98 Å². The topological polar surface area (TPSA) is 36.7 Å². The zero-order valence-electron chi connectivity index (χ0n) is 9.08. The van der Waals surface area contributed by atoms with Crippen molar-refractivity contribution >= 4 is 5.71 Å². The Morgan fingerprint density at radius 3 is 2.73 bits per heavy atom. The number of nitrogens with zero attached hydrogens (tertiary/aromatic N) is 1. The minimum atomic E-state index is 0.528. The molecule has 2 rings (SSSR count). The normalized spacial score (nSPS) is 17.6. The standard InChI is InChI=1S/C13H18N2/c14-13(11-6-2-1-3-7-11)10-12-8-4-5-9-15-12/h4-5,8-9,11,14H,1-3,6-7,10H2. The molecule has 80 valence electrons. The zero-order valence-corrected chi connectivity index (χ0v) is 9.08. The Hall–Kier alpha value is -1.18. The highest BCUT2D eigenvalue weighted by atomic mass is 14.7. The number of hydrogen-bond donors (Lipinski definition) is 1. The molecular formula is C13H18N2. The summed E-state index contributed by atoms with van der Waals surface area (Å²) in [7, 11) is 0. The Morgan fingerprint density at radius 1 is 1.27 bits per heavy atom. The van der Waals surface area contributed by atoms with Crippen molar-refractivity contribution in [1.82, 2.24) is 4.98 Å². The van der Waals surface area contributed by atoms with Crippen LogP contribution in [0.15, 0.2) is 24.4 Å². The fourth-order valence-electron chi connectivity index (χ4n) is 2.29. The third kappa shape index (κ3) is 2.88. The largest absolute Gasteiger partial charge is 0.309 e. The van der Waals surface area contributed by atoms with Crippen LogP contribution in [-0.2, 0) is 6.42 Å². The van der Waals surface area contributed by atoms with Gasteiger partial charge in [0.2, 0.25) is 0 Å². The molecule has 1 saturated carbocycles. The number of aromatic nitrogens is 1. The van der Waals surface area contributed by atoms with Crippen LogP contribution in [0.1, 0.15) is 37.8 Å². The van der Waals surface area contributed by atoms with Gasteiger partial charge in [0.05, 0.1) is 0 Å². The third-order valence-electron chi connectivity index (χ3n) is 3.20. The Balaban J connectivity index is 1.91. The van der Waals surface area contributed by atoms with Crippen LogP contribution in [0.2, 0.25) is 0 Å². The van der Waals surface area contributed by atoms with Crippen molar-refractivity contribution in [3.05, 3.63) is 30.1 Å². The van der Waals surface area contributed by atoms with Crippen LogP contribution in [0.3, 0.4) is 0 Å². The number of pyridine rings is 1. The zero-order chi connectivity index (χ0) is 10.5. The first-order valence-electron chi connectivity index (χ1n) is 5.83. The Labute approximate surface area is 91.3 Å². The Morgan fingerprint density at radius 2 is 2.07 bits per heavy atom. The van der Waals surface area contributed by atoms with Crippen LogP contribution in [-0.4, -0.2) is 10.7 Å². The smallest absolute Gasteiger partial charge is 0.0459 e. The fourth-order valence-corrected chi connectivity index (χ4v) is 2.29. The van der Waals surface area contributed by atoms with E-state index in [1.165, 1.54) is 32.1 Å². The average molecular weight is 202 g/mol. The van der Waals surface area contributed by atoms with E-state index in [0.717, 1.165) is 17.8 Å². The highest BCUT2D eigenvalue weighted by molar-refractivity contribution is 5.85. The predicted molar refractivity (Wildman–Crippen MR) is 62.2 cm³/mol. The molecule has 0 amide bonds. The summed E-state index contributed by atoms with van der Waals surface area (Å²) >= 11 is 0. The van der Waals surface area contributed by atoms with E-state index in [9.17, 15) is 0 Å².